The predicted octanol–water partition coefficient (Wildman–Crippen LogP) is 2.66. The molecule has 0 saturated heterocycles. The summed E-state index contributed by atoms with van der Waals surface area (Å²) in [6, 6.07) is 7.57. The van der Waals surface area contributed by atoms with E-state index in [4.69, 9.17) is 0 Å². The largest absolute Gasteiger partial charge is 0.364 e. The van der Waals surface area contributed by atoms with Crippen LogP contribution in [0.3, 0.4) is 0 Å². The molecule has 2 aromatic rings. The number of imidazole rings is 1. The second-order valence-corrected chi connectivity index (χ2v) is 9.12. The highest BCUT2D eigenvalue weighted by atomic mass is 32.3. The summed E-state index contributed by atoms with van der Waals surface area (Å²) in [5.74, 6) is 0. The number of hydrogen-bond donors (Lipinski definition) is 1. The van der Waals surface area contributed by atoms with Crippen molar-refractivity contribution in [3.05, 3.63) is 57.9 Å². The van der Waals surface area contributed by atoms with Crippen LogP contribution in [-0.2, 0) is 23.1 Å². The van der Waals surface area contributed by atoms with E-state index in [1.807, 2.05) is 6.07 Å². The van der Waals surface area contributed by atoms with E-state index in [2.05, 4.69) is 20.9 Å². The number of sulfonamides is 1. The van der Waals surface area contributed by atoms with Crippen molar-refractivity contribution in [2.24, 2.45) is 0 Å². The van der Waals surface area contributed by atoms with Crippen LogP contribution in [-0.4, -0.2) is 42.0 Å². The number of anilines is 1. The molecule has 0 bridgehead atoms. The van der Waals surface area contributed by atoms with Crippen LogP contribution in [0.5, 0.6) is 0 Å². The van der Waals surface area contributed by atoms with E-state index in [-0.39, 0.29) is 6.54 Å². The number of aromatic nitrogens is 2. The van der Waals surface area contributed by atoms with Crippen LogP contribution >= 0.6 is 11.8 Å². The first kappa shape index (κ1) is 19.5. The maximum absolute atomic E-state index is 13.0. The summed E-state index contributed by atoms with van der Waals surface area (Å²) in [5.41, 5.74) is 3.23. The number of allylic oxidation sites excluding steroid dienone is 1. The molecule has 0 radical (unpaired) electrons. The molecule has 3 rings (SSSR count). The summed E-state index contributed by atoms with van der Waals surface area (Å²) in [6.07, 6.45) is 6.77. The van der Waals surface area contributed by atoms with Gasteiger partial charge in [0.05, 0.1) is 30.2 Å². The number of H-pyrrole nitrogens is 1. The average molecular weight is 404 g/mol. The highest BCUT2D eigenvalue weighted by Crippen LogP contribution is 2.31. The number of nitriles is 1. The minimum atomic E-state index is -3.57. The van der Waals surface area contributed by atoms with Crippen molar-refractivity contribution in [3.8, 4) is 6.07 Å². The van der Waals surface area contributed by atoms with Gasteiger partial charge in [-0.3, -0.25) is 0 Å². The molecule has 1 aliphatic rings. The number of fused-ring (bicyclic) bond motifs is 1. The van der Waals surface area contributed by atoms with E-state index in [1.165, 1.54) is 16.1 Å². The Labute approximate surface area is 163 Å². The van der Waals surface area contributed by atoms with Crippen LogP contribution in [0.15, 0.2) is 41.0 Å². The van der Waals surface area contributed by atoms with Crippen molar-refractivity contribution >= 4 is 27.5 Å². The zero-order chi connectivity index (χ0) is 19.4. The quantitative estimate of drug-likeness (QED) is 0.825. The molecule has 0 unspecified atom stereocenters. The summed E-state index contributed by atoms with van der Waals surface area (Å²) in [4.78, 5) is 9.26. The van der Waals surface area contributed by atoms with Crippen LogP contribution in [0, 0.1) is 11.3 Å². The van der Waals surface area contributed by atoms with Gasteiger partial charge in [-0.2, -0.15) is 9.57 Å². The Morgan fingerprint density at radius 3 is 2.89 bits per heavy atom. The molecule has 27 heavy (non-hydrogen) atoms. The van der Waals surface area contributed by atoms with E-state index in [0.717, 1.165) is 16.9 Å². The lowest BCUT2D eigenvalue weighted by molar-refractivity contribution is 0.424. The first-order valence-corrected chi connectivity index (χ1v) is 11.1. The first-order valence-electron chi connectivity index (χ1n) is 8.45. The second-order valence-electron chi connectivity index (χ2n) is 6.10. The number of hydrogen-bond acceptors (Lipinski definition) is 6. The molecule has 1 aliphatic heterocycles. The highest BCUT2D eigenvalue weighted by Gasteiger charge is 2.30. The lowest BCUT2D eigenvalue weighted by atomic mass is 10.1. The number of thioether (sulfide) groups is 1. The van der Waals surface area contributed by atoms with Gasteiger partial charge >= 0.3 is 0 Å². The number of benzene rings is 1. The van der Waals surface area contributed by atoms with Gasteiger partial charge in [0.15, 0.2) is 0 Å². The standard InChI is InChI=1S/C18H21N5O2S2/c1-3-18(26-2)27(24,25)23-7-6-22(12-16-10-20-13-21-16)17-5-4-14(9-19)8-15(17)11-23/h3-5,8,10,13H,6-7,11-12H2,1-2H3,(H,20,21)/b18-3+. The third-order valence-corrected chi connectivity index (χ3v) is 7.97. The molecule has 0 saturated carbocycles. The fraction of sp³-hybridized carbons (Fsp3) is 0.333. The number of nitrogens with one attached hydrogen (secondary N) is 1. The minimum absolute atomic E-state index is 0.241. The van der Waals surface area contributed by atoms with E-state index in [1.54, 1.807) is 43.9 Å². The van der Waals surface area contributed by atoms with Crippen molar-refractivity contribution in [2.45, 2.75) is 20.0 Å². The lowest BCUT2D eigenvalue weighted by Gasteiger charge is -2.24. The molecule has 142 valence electrons. The Morgan fingerprint density at radius 1 is 1.44 bits per heavy atom. The first-order chi connectivity index (χ1) is 13.0. The zero-order valence-electron chi connectivity index (χ0n) is 15.2. The number of rotatable bonds is 5. The summed E-state index contributed by atoms with van der Waals surface area (Å²) in [6.45, 7) is 3.47. The topological polar surface area (TPSA) is 93.1 Å². The molecule has 2 heterocycles. The van der Waals surface area contributed by atoms with Crippen LogP contribution in [0.2, 0.25) is 0 Å². The van der Waals surface area contributed by atoms with Crippen LogP contribution < -0.4 is 4.90 Å². The molecule has 1 aromatic heterocycles. The molecule has 0 aliphatic carbocycles. The number of aromatic amines is 1. The van der Waals surface area contributed by atoms with Gasteiger partial charge in [-0.15, -0.1) is 11.8 Å². The smallest absolute Gasteiger partial charge is 0.249 e. The number of nitrogens with zero attached hydrogens (tertiary/aromatic N) is 4. The van der Waals surface area contributed by atoms with Crippen LogP contribution in [0.25, 0.3) is 0 Å². The molecule has 0 spiro atoms. The monoisotopic (exact) mass is 403 g/mol. The normalized spacial score (nSPS) is 15.9. The third-order valence-electron chi connectivity index (χ3n) is 4.46. The van der Waals surface area contributed by atoms with E-state index < -0.39 is 10.0 Å². The molecular formula is C18H21N5O2S2. The molecule has 0 fully saturated rings. The molecule has 0 atom stereocenters. The van der Waals surface area contributed by atoms with E-state index >= 15 is 0 Å². The highest BCUT2D eigenvalue weighted by molar-refractivity contribution is 8.17. The maximum atomic E-state index is 13.0. The third kappa shape index (κ3) is 4.03. The Balaban J connectivity index is 2.00. The summed E-state index contributed by atoms with van der Waals surface area (Å²) >= 11 is 1.22. The second kappa shape index (κ2) is 8.17. The van der Waals surface area contributed by atoms with Crippen molar-refractivity contribution in [1.29, 1.82) is 5.26 Å². The Morgan fingerprint density at radius 2 is 2.26 bits per heavy atom. The molecular weight excluding hydrogens is 382 g/mol. The van der Waals surface area contributed by atoms with Crippen molar-refractivity contribution in [3.63, 3.8) is 0 Å². The van der Waals surface area contributed by atoms with E-state index in [0.29, 0.717) is 29.4 Å². The van der Waals surface area contributed by atoms with Gasteiger partial charge in [-0.1, -0.05) is 6.08 Å². The summed E-state index contributed by atoms with van der Waals surface area (Å²) in [5, 5.41) is 9.25. The van der Waals surface area contributed by atoms with E-state index in [9.17, 15) is 13.7 Å². The SMILES string of the molecule is C/C=C(\SC)S(=O)(=O)N1CCN(Cc2cnc[nH]2)c2ccc(C#N)cc2C1. The van der Waals surface area contributed by atoms with Crippen molar-refractivity contribution in [2.75, 3.05) is 24.2 Å². The van der Waals surface area contributed by atoms with Crippen LogP contribution in [0.4, 0.5) is 5.69 Å². The molecule has 9 heteroatoms. The van der Waals surface area contributed by atoms with Gasteiger partial charge in [-0.25, -0.2) is 13.4 Å². The van der Waals surface area contributed by atoms with Gasteiger partial charge < -0.3 is 9.88 Å². The van der Waals surface area contributed by atoms with Gasteiger partial charge in [0, 0.05) is 31.5 Å². The maximum Gasteiger partial charge on any atom is 0.249 e. The lowest BCUT2D eigenvalue weighted by Crippen LogP contribution is -2.35. The average Bonchev–Trinajstić information content (AvgIpc) is 3.10. The fourth-order valence-electron chi connectivity index (χ4n) is 3.16. The zero-order valence-corrected chi connectivity index (χ0v) is 16.8. The minimum Gasteiger partial charge on any atom is -0.364 e. The Hall–Kier alpha value is -2.28. The molecule has 1 aromatic carbocycles. The van der Waals surface area contributed by atoms with Gasteiger partial charge in [0.25, 0.3) is 0 Å². The fourth-order valence-corrected chi connectivity index (χ4v) is 5.74. The van der Waals surface area contributed by atoms with Crippen molar-refractivity contribution < 1.29 is 8.42 Å². The van der Waals surface area contributed by atoms with Crippen LogP contribution in [0.1, 0.15) is 23.7 Å². The molecule has 0 amide bonds. The molecule has 1 N–H and O–H groups in total. The van der Waals surface area contributed by atoms with Crippen molar-refractivity contribution in [1.82, 2.24) is 14.3 Å². The predicted molar refractivity (Wildman–Crippen MR) is 107 cm³/mol. The molecule has 7 nitrogen and oxygen atoms in total. The Bertz CT molecular complexity index is 978. The summed E-state index contributed by atoms with van der Waals surface area (Å²) < 4.78 is 27.9. The van der Waals surface area contributed by atoms with Gasteiger partial charge in [0.2, 0.25) is 10.0 Å². The van der Waals surface area contributed by atoms with Gasteiger partial charge in [-0.05, 0) is 36.9 Å². The van der Waals surface area contributed by atoms with Gasteiger partial charge in [0.1, 0.15) is 4.24 Å². The Kier molecular flexibility index (Phi) is 5.89. The summed E-state index contributed by atoms with van der Waals surface area (Å²) in [7, 11) is -3.57.